The molecule has 198 valence electrons. The van der Waals surface area contributed by atoms with Crippen LogP contribution in [0.4, 0.5) is 5.69 Å². The molecule has 0 fully saturated rings. The Labute approximate surface area is 220 Å². The lowest BCUT2D eigenvalue weighted by Gasteiger charge is -2.34. The number of benzene rings is 2. The highest BCUT2D eigenvalue weighted by molar-refractivity contribution is 7.90. The molecule has 0 bridgehead atoms. The second-order valence-electron chi connectivity index (χ2n) is 8.95. The third-order valence-electron chi connectivity index (χ3n) is 5.85. The van der Waals surface area contributed by atoms with Gasteiger partial charge in [-0.3, -0.25) is 9.59 Å². The Balaban J connectivity index is 2.53. The molecule has 0 saturated carbocycles. The number of hydrogen-bond donors (Lipinski definition) is 1. The molecule has 1 N–H and O–H groups in total. The Morgan fingerprint density at radius 2 is 1.67 bits per heavy atom. The van der Waals surface area contributed by atoms with Gasteiger partial charge >= 0.3 is 10.2 Å². The van der Waals surface area contributed by atoms with Crippen molar-refractivity contribution >= 4 is 39.3 Å². The van der Waals surface area contributed by atoms with Gasteiger partial charge in [-0.15, -0.1) is 0 Å². The molecule has 2 aromatic rings. The van der Waals surface area contributed by atoms with Gasteiger partial charge in [-0.05, 0) is 61.6 Å². The number of carbonyl (C=O) groups is 2. The van der Waals surface area contributed by atoms with Crippen molar-refractivity contribution < 1.29 is 18.0 Å². The third-order valence-corrected chi connectivity index (χ3v) is 7.91. The van der Waals surface area contributed by atoms with Crippen molar-refractivity contribution in [2.45, 2.75) is 53.1 Å². The fraction of sp³-hybridized carbons (Fsp3) is 0.462. The number of nitrogens with one attached hydrogen (secondary N) is 1. The van der Waals surface area contributed by atoms with E-state index in [-0.39, 0.29) is 12.5 Å². The summed E-state index contributed by atoms with van der Waals surface area (Å²) in [4.78, 5) is 28.3. The van der Waals surface area contributed by atoms with Crippen LogP contribution in [0.3, 0.4) is 0 Å². The summed E-state index contributed by atoms with van der Waals surface area (Å²) in [6.07, 6.45) is 1.13. The summed E-state index contributed by atoms with van der Waals surface area (Å²) in [5.74, 6) is -0.745. The largest absolute Gasteiger partial charge is 0.354 e. The molecule has 0 spiro atoms. The number of aryl methyl sites for hydroxylation is 2. The van der Waals surface area contributed by atoms with Gasteiger partial charge in [-0.25, -0.2) is 4.31 Å². The number of amides is 2. The maximum absolute atomic E-state index is 13.8. The maximum atomic E-state index is 13.8. The standard InChI is InChI=1S/C26H37ClN4O4S/c1-7-15-28-26(33)23(8-2)30(17-21-11-13-22(27)14-12-21)25(32)18-31(36(34,35)29(5)6)24-16-19(3)9-10-20(24)4/h9-14,16,23H,7-8,15,17-18H2,1-6H3,(H,28,33)/t23-/m1/s1. The quantitative estimate of drug-likeness (QED) is 0.445. The minimum Gasteiger partial charge on any atom is -0.354 e. The smallest absolute Gasteiger partial charge is 0.304 e. The topological polar surface area (TPSA) is 90.0 Å². The first-order chi connectivity index (χ1) is 16.9. The third kappa shape index (κ3) is 7.44. The molecular weight excluding hydrogens is 500 g/mol. The van der Waals surface area contributed by atoms with E-state index in [1.54, 1.807) is 37.3 Å². The molecule has 2 aromatic carbocycles. The highest BCUT2D eigenvalue weighted by Gasteiger charge is 2.34. The second kappa shape index (κ2) is 13.1. The van der Waals surface area contributed by atoms with Gasteiger partial charge in [0.15, 0.2) is 0 Å². The zero-order valence-corrected chi connectivity index (χ0v) is 23.5. The Bertz CT molecular complexity index is 1150. The van der Waals surface area contributed by atoms with Crippen LogP contribution in [-0.4, -0.2) is 62.7 Å². The molecule has 0 saturated heterocycles. The summed E-state index contributed by atoms with van der Waals surface area (Å²) in [5, 5.41) is 3.43. The van der Waals surface area contributed by atoms with Crippen LogP contribution in [-0.2, 0) is 26.3 Å². The van der Waals surface area contributed by atoms with Gasteiger partial charge in [0.1, 0.15) is 12.6 Å². The first kappa shape index (κ1) is 29.6. The maximum Gasteiger partial charge on any atom is 0.304 e. The molecule has 8 nitrogen and oxygen atoms in total. The van der Waals surface area contributed by atoms with Crippen LogP contribution < -0.4 is 9.62 Å². The number of hydrogen-bond acceptors (Lipinski definition) is 4. The molecule has 2 amide bonds. The number of halogens is 1. The monoisotopic (exact) mass is 536 g/mol. The summed E-state index contributed by atoms with van der Waals surface area (Å²) in [6, 6.07) is 11.7. The average molecular weight is 537 g/mol. The highest BCUT2D eigenvalue weighted by Crippen LogP contribution is 2.26. The van der Waals surface area contributed by atoms with E-state index < -0.39 is 28.7 Å². The van der Waals surface area contributed by atoms with Crippen molar-refractivity contribution in [3.8, 4) is 0 Å². The van der Waals surface area contributed by atoms with Crippen molar-refractivity contribution in [3.63, 3.8) is 0 Å². The number of rotatable bonds is 12. The van der Waals surface area contributed by atoms with E-state index in [0.717, 1.165) is 31.7 Å². The van der Waals surface area contributed by atoms with E-state index in [4.69, 9.17) is 11.6 Å². The summed E-state index contributed by atoms with van der Waals surface area (Å²) in [6.45, 7) is 7.62. The van der Waals surface area contributed by atoms with Gasteiger partial charge in [0.2, 0.25) is 11.8 Å². The van der Waals surface area contributed by atoms with Crippen molar-refractivity contribution in [3.05, 3.63) is 64.2 Å². The van der Waals surface area contributed by atoms with Gasteiger partial charge in [0, 0.05) is 32.2 Å². The molecule has 0 aromatic heterocycles. The number of anilines is 1. The Morgan fingerprint density at radius 1 is 1.03 bits per heavy atom. The summed E-state index contributed by atoms with van der Waals surface area (Å²) < 4.78 is 28.9. The molecule has 0 aliphatic carbocycles. The Kier molecular flexibility index (Phi) is 10.8. The lowest BCUT2D eigenvalue weighted by atomic mass is 10.1. The Hall–Kier alpha value is -2.62. The minimum absolute atomic E-state index is 0.136. The second-order valence-corrected chi connectivity index (χ2v) is 11.5. The lowest BCUT2D eigenvalue weighted by molar-refractivity contribution is -0.140. The fourth-order valence-corrected chi connectivity index (χ4v) is 5.00. The van der Waals surface area contributed by atoms with Crippen LogP contribution in [0.15, 0.2) is 42.5 Å². The van der Waals surface area contributed by atoms with Crippen LogP contribution in [0, 0.1) is 13.8 Å². The predicted octanol–water partition coefficient (Wildman–Crippen LogP) is 3.90. The number of carbonyl (C=O) groups excluding carboxylic acids is 2. The minimum atomic E-state index is -4.00. The van der Waals surface area contributed by atoms with E-state index >= 15 is 0 Å². The lowest BCUT2D eigenvalue weighted by Crippen LogP contribution is -2.53. The molecule has 0 aliphatic heterocycles. The van der Waals surface area contributed by atoms with Gasteiger partial charge in [0.25, 0.3) is 0 Å². The van der Waals surface area contributed by atoms with Crippen molar-refractivity contribution in [1.82, 2.24) is 14.5 Å². The summed E-state index contributed by atoms with van der Waals surface area (Å²) in [7, 11) is -1.15. The SMILES string of the molecule is CCCNC(=O)[C@@H](CC)N(Cc1ccc(Cl)cc1)C(=O)CN(c1cc(C)ccc1C)S(=O)(=O)N(C)C. The first-order valence-electron chi connectivity index (χ1n) is 12.0. The molecule has 0 heterocycles. The zero-order chi connectivity index (χ0) is 27.0. The molecule has 36 heavy (non-hydrogen) atoms. The molecular formula is C26H37ClN4O4S. The van der Waals surface area contributed by atoms with E-state index in [2.05, 4.69) is 5.32 Å². The van der Waals surface area contributed by atoms with E-state index in [1.165, 1.54) is 19.0 Å². The Morgan fingerprint density at radius 3 is 2.22 bits per heavy atom. The van der Waals surface area contributed by atoms with Crippen molar-refractivity contribution in [2.75, 3.05) is 31.5 Å². The van der Waals surface area contributed by atoms with Crippen molar-refractivity contribution in [1.29, 1.82) is 0 Å². The summed E-state index contributed by atoms with van der Waals surface area (Å²) in [5.41, 5.74) is 2.79. The molecule has 1 atom stereocenters. The van der Waals surface area contributed by atoms with Crippen LogP contribution in [0.1, 0.15) is 43.4 Å². The van der Waals surface area contributed by atoms with Gasteiger partial charge in [0.05, 0.1) is 5.69 Å². The first-order valence-corrected chi connectivity index (χ1v) is 13.8. The molecule has 0 radical (unpaired) electrons. The zero-order valence-electron chi connectivity index (χ0n) is 21.9. The summed E-state index contributed by atoms with van der Waals surface area (Å²) >= 11 is 6.03. The number of nitrogens with zero attached hydrogens (tertiary/aromatic N) is 3. The van der Waals surface area contributed by atoms with E-state index in [9.17, 15) is 18.0 Å². The van der Waals surface area contributed by atoms with E-state index in [0.29, 0.717) is 23.7 Å². The molecule has 0 aliphatic rings. The normalized spacial score (nSPS) is 12.3. The molecule has 10 heteroatoms. The van der Waals surface area contributed by atoms with Crippen LogP contribution in [0.25, 0.3) is 0 Å². The molecule has 0 unspecified atom stereocenters. The fourth-order valence-electron chi connectivity index (χ4n) is 3.76. The van der Waals surface area contributed by atoms with Gasteiger partial charge in [-0.2, -0.15) is 12.7 Å². The van der Waals surface area contributed by atoms with Crippen LogP contribution in [0.5, 0.6) is 0 Å². The van der Waals surface area contributed by atoms with Crippen molar-refractivity contribution in [2.24, 2.45) is 0 Å². The van der Waals surface area contributed by atoms with Gasteiger partial charge in [-0.1, -0.05) is 49.7 Å². The van der Waals surface area contributed by atoms with E-state index in [1.807, 2.05) is 32.9 Å². The molecule has 2 rings (SSSR count). The highest BCUT2D eigenvalue weighted by atomic mass is 35.5. The van der Waals surface area contributed by atoms with Gasteiger partial charge < -0.3 is 10.2 Å². The average Bonchev–Trinajstić information content (AvgIpc) is 2.83. The predicted molar refractivity (Wildman–Crippen MR) is 145 cm³/mol. The van der Waals surface area contributed by atoms with Crippen LogP contribution in [0.2, 0.25) is 5.02 Å². The van der Waals surface area contributed by atoms with Crippen LogP contribution >= 0.6 is 11.6 Å².